The number of aromatic hydroxyl groups is 1. The number of hydrogen-bond acceptors (Lipinski definition) is 8. The molecule has 1 N–H and O–H groups in total. The van der Waals surface area contributed by atoms with Gasteiger partial charge in [-0.1, -0.05) is 90.5 Å². The number of nitrogens with zero attached hydrogens (tertiary/aromatic N) is 4. The SMILES string of the molecule is CN(C)c1ccc(N=Nc2ccc(N3C(=O)C4CC=C5C(CC6C(=O)C(c7ccccc7)=CC(=O)C6(c6ccccc6)C5c5ccccc5O)C4C3=O)cc2)cc1. The summed E-state index contributed by atoms with van der Waals surface area (Å²) in [6.07, 6.45) is 3.95. The number of carbonyl (C=O) groups excluding carboxylic acids is 4. The number of fused-ring (bicyclic) bond motifs is 4. The van der Waals surface area contributed by atoms with Gasteiger partial charge in [0.1, 0.15) is 5.75 Å². The van der Waals surface area contributed by atoms with Crippen molar-refractivity contribution in [2.24, 2.45) is 33.9 Å². The first-order valence-corrected chi connectivity index (χ1v) is 19.2. The van der Waals surface area contributed by atoms with Crippen molar-refractivity contribution >= 4 is 51.7 Å². The largest absolute Gasteiger partial charge is 0.508 e. The van der Waals surface area contributed by atoms with E-state index in [1.165, 1.54) is 11.0 Å². The van der Waals surface area contributed by atoms with Crippen molar-refractivity contribution in [2.75, 3.05) is 23.9 Å². The zero-order valence-electron chi connectivity index (χ0n) is 31.5. The number of Topliss-reactive ketones (excluding diaryl/α,β-unsaturated/α-hetero) is 1. The van der Waals surface area contributed by atoms with Crippen LogP contribution in [0.25, 0.3) is 5.57 Å². The topological polar surface area (TPSA) is 120 Å². The summed E-state index contributed by atoms with van der Waals surface area (Å²) < 4.78 is 0. The number of anilines is 2. The average molecular weight is 753 g/mol. The van der Waals surface area contributed by atoms with Crippen LogP contribution < -0.4 is 9.80 Å². The lowest BCUT2D eigenvalue weighted by Gasteiger charge is -2.55. The van der Waals surface area contributed by atoms with Crippen LogP contribution in [0.2, 0.25) is 0 Å². The van der Waals surface area contributed by atoms with E-state index in [4.69, 9.17) is 0 Å². The number of hydrogen-bond donors (Lipinski definition) is 1. The second kappa shape index (κ2) is 14.1. The maximum Gasteiger partial charge on any atom is 0.238 e. The van der Waals surface area contributed by atoms with Crippen LogP contribution in [0.15, 0.2) is 161 Å². The summed E-state index contributed by atoms with van der Waals surface area (Å²) in [5, 5.41) is 20.3. The van der Waals surface area contributed by atoms with Gasteiger partial charge in [-0.2, -0.15) is 10.2 Å². The van der Waals surface area contributed by atoms with Crippen molar-refractivity contribution in [3.05, 3.63) is 168 Å². The zero-order valence-corrected chi connectivity index (χ0v) is 31.5. The van der Waals surface area contributed by atoms with Crippen molar-refractivity contribution in [1.29, 1.82) is 0 Å². The number of phenols is 1. The van der Waals surface area contributed by atoms with E-state index in [9.17, 15) is 14.7 Å². The summed E-state index contributed by atoms with van der Waals surface area (Å²) in [5.74, 6) is -4.70. The number of rotatable bonds is 7. The van der Waals surface area contributed by atoms with Gasteiger partial charge in [-0.15, -0.1) is 0 Å². The molecule has 9 rings (SSSR count). The smallest absolute Gasteiger partial charge is 0.238 e. The van der Waals surface area contributed by atoms with E-state index in [0.717, 1.165) is 11.3 Å². The molecule has 0 radical (unpaired) electrons. The van der Waals surface area contributed by atoms with Gasteiger partial charge in [0.25, 0.3) is 0 Å². The van der Waals surface area contributed by atoms with E-state index in [-0.39, 0.29) is 42.0 Å². The van der Waals surface area contributed by atoms with Crippen molar-refractivity contribution in [1.82, 2.24) is 0 Å². The highest BCUT2D eigenvalue weighted by molar-refractivity contribution is 6.32. The van der Waals surface area contributed by atoms with Crippen LogP contribution in [0.3, 0.4) is 0 Å². The summed E-state index contributed by atoms with van der Waals surface area (Å²) in [5.41, 5.74) is 4.27. The molecule has 1 saturated carbocycles. The molecule has 0 spiro atoms. The quantitative estimate of drug-likeness (QED) is 0.101. The fourth-order valence-corrected chi connectivity index (χ4v) is 9.81. The van der Waals surface area contributed by atoms with Gasteiger partial charge in [0, 0.05) is 42.8 Å². The van der Waals surface area contributed by atoms with Gasteiger partial charge in [0.2, 0.25) is 11.8 Å². The number of para-hydroxylation sites is 1. The molecule has 2 fully saturated rings. The molecule has 0 bridgehead atoms. The lowest BCUT2D eigenvalue weighted by molar-refractivity contribution is -0.135. The maximum absolute atomic E-state index is 15.1. The predicted octanol–water partition coefficient (Wildman–Crippen LogP) is 8.90. The maximum atomic E-state index is 15.1. The highest BCUT2D eigenvalue weighted by Gasteiger charge is 2.66. The van der Waals surface area contributed by atoms with Gasteiger partial charge in [-0.25, -0.2) is 0 Å². The van der Waals surface area contributed by atoms with Crippen molar-refractivity contribution in [3.63, 3.8) is 0 Å². The van der Waals surface area contributed by atoms with Gasteiger partial charge in [-0.05, 0) is 90.6 Å². The molecule has 3 aliphatic carbocycles. The molecule has 9 nitrogen and oxygen atoms in total. The number of phenolic OH excluding ortho intramolecular Hbond substituents is 1. The first-order chi connectivity index (χ1) is 27.7. The van der Waals surface area contributed by atoms with E-state index in [2.05, 4.69) is 10.2 Å². The first kappa shape index (κ1) is 35.9. The number of ketones is 2. The monoisotopic (exact) mass is 752 g/mol. The lowest BCUT2D eigenvalue weighted by atomic mass is 9.44. The molecule has 2 amide bonds. The predicted molar refractivity (Wildman–Crippen MR) is 219 cm³/mol. The zero-order chi connectivity index (χ0) is 39.4. The minimum atomic E-state index is -1.41. The molecule has 6 unspecified atom stereocenters. The van der Waals surface area contributed by atoms with E-state index in [1.54, 1.807) is 42.5 Å². The van der Waals surface area contributed by atoms with Crippen molar-refractivity contribution in [2.45, 2.75) is 24.2 Å². The molecule has 9 heteroatoms. The Morgan fingerprint density at radius 1 is 0.702 bits per heavy atom. The number of imide groups is 1. The van der Waals surface area contributed by atoms with Crippen LogP contribution in [0.1, 0.15) is 35.4 Å². The Morgan fingerprint density at radius 2 is 1.32 bits per heavy atom. The Balaban J connectivity index is 1.11. The average Bonchev–Trinajstić information content (AvgIpc) is 3.50. The van der Waals surface area contributed by atoms with Crippen LogP contribution in [0.4, 0.5) is 22.7 Å². The molecule has 5 aromatic carbocycles. The van der Waals surface area contributed by atoms with Crippen LogP contribution in [-0.2, 0) is 24.6 Å². The Morgan fingerprint density at radius 3 is 1.96 bits per heavy atom. The minimum absolute atomic E-state index is 0.00316. The molecule has 1 heterocycles. The second-order valence-corrected chi connectivity index (χ2v) is 15.5. The summed E-state index contributed by atoms with van der Waals surface area (Å²) in [6.45, 7) is 0. The highest BCUT2D eigenvalue weighted by Crippen LogP contribution is 2.64. The minimum Gasteiger partial charge on any atom is -0.508 e. The third-order valence-electron chi connectivity index (χ3n) is 12.4. The van der Waals surface area contributed by atoms with Gasteiger partial charge in [0.15, 0.2) is 11.6 Å². The van der Waals surface area contributed by atoms with Gasteiger partial charge < -0.3 is 10.0 Å². The fourth-order valence-electron chi connectivity index (χ4n) is 9.81. The van der Waals surface area contributed by atoms with Gasteiger partial charge in [-0.3, -0.25) is 24.1 Å². The van der Waals surface area contributed by atoms with E-state index in [1.807, 2.05) is 116 Å². The van der Waals surface area contributed by atoms with E-state index >= 15 is 9.59 Å². The Labute approximate surface area is 330 Å². The summed E-state index contributed by atoms with van der Waals surface area (Å²) in [7, 11) is 3.94. The van der Waals surface area contributed by atoms with Crippen LogP contribution in [0, 0.1) is 23.7 Å². The molecular weight excluding hydrogens is 713 g/mol. The summed E-state index contributed by atoms with van der Waals surface area (Å²) in [4.78, 5) is 62.5. The molecule has 1 saturated heterocycles. The normalized spacial score (nSPS) is 25.4. The molecule has 4 aliphatic rings. The number of benzene rings is 5. The molecule has 1 aliphatic heterocycles. The molecular formula is C48H40N4O5. The van der Waals surface area contributed by atoms with Crippen molar-refractivity contribution < 1.29 is 24.3 Å². The van der Waals surface area contributed by atoms with Crippen LogP contribution in [-0.4, -0.2) is 42.6 Å². The Bertz CT molecular complexity index is 2510. The molecule has 282 valence electrons. The fraction of sp³-hybridized carbons (Fsp3) is 0.208. The number of allylic oxidation sites excluding steroid dienone is 4. The first-order valence-electron chi connectivity index (χ1n) is 19.2. The third-order valence-corrected chi connectivity index (χ3v) is 12.4. The number of azo groups is 1. The lowest BCUT2D eigenvalue weighted by Crippen LogP contribution is -2.58. The van der Waals surface area contributed by atoms with E-state index in [0.29, 0.717) is 39.3 Å². The Kier molecular flexibility index (Phi) is 8.88. The van der Waals surface area contributed by atoms with Gasteiger partial charge >= 0.3 is 0 Å². The van der Waals surface area contributed by atoms with Crippen LogP contribution >= 0.6 is 0 Å². The summed E-state index contributed by atoms with van der Waals surface area (Å²) >= 11 is 0. The molecule has 0 aromatic heterocycles. The second-order valence-electron chi connectivity index (χ2n) is 15.5. The number of amides is 2. The summed E-state index contributed by atoms with van der Waals surface area (Å²) in [6, 6.07) is 40.0. The third kappa shape index (κ3) is 5.76. The van der Waals surface area contributed by atoms with E-state index < -0.39 is 35.0 Å². The molecule has 6 atom stereocenters. The standard InChI is InChI=1S/C48H40N4O5/c1-51(2)33-21-17-31(18-22-33)49-50-32-19-23-34(24-20-32)52-46(56)37-26-25-35-39(43(37)47(52)57)27-40-45(55)38(29-11-5-3-6-12-29)28-42(54)48(40,30-13-7-4-8-14-30)44(35)36-15-9-10-16-41(36)53/h3-25,28,37,39-40,43-44,53H,26-27H2,1-2H3. The van der Waals surface area contributed by atoms with Crippen molar-refractivity contribution in [3.8, 4) is 5.75 Å². The van der Waals surface area contributed by atoms with Gasteiger partial charge in [0.05, 0.1) is 34.3 Å². The Hall–Kier alpha value is -6.74. The van der Waals surface area contributed by atoms with Crippen LogP contribution in [0.5, 0.6) is 5.75 Å². The molecule has 5 aromatic rings. The molecule has 57 heavy (non-hydrogen) atoms. The highest BCUT2D eigenvalue weighted by atomic mass is 16.3. The number of carbonyl (C=O) groups is 4.